The summed E-state index contributed by atoms with van der Waals surface area (Å²) in [6.07, 6.45) is 0. The molecule has 0 saturated carbocycles. The average Bonchev–Trinajstić information content (AvgIpc) is 3.43. The molecule has 1 N–H and O–H groups in total. The van der Waals surface area contributed by atoms with Gasteiger partial charge in [-0.3, -0.25) is 0 Å². The predicted molar refractivity (Wildman–Crippen MR) is 166 cm³/mol. The Morgan fingerprint density at radius 3 is 1.90 bits per heavy atom. The fourth-order valence-corrected chi connectivity index (χ4v) is 6.63. The van der Waals surface area contributed by atoms with Crippen molar-refractivity contribution in [2.45, 2.75) is 44.3 Å². The van der Waals surface area contributed by atoms with E-state index in [1.165, 1.54) is 55.6 Å². The summed E-state index contributed by atoms with van der Waals surface area (Å²) < 4.78 is 6.44. The molecule has 7 rings (SSSR count). The summed E-state index contributed by atoms with van der Waals surface area (Å²) in [5.74, 6) is 0. The maximum absolute atomic E-state index is 10.8. The van der Waals surface area contributed by atoms with E-state index >= 15 is 0 Å². The van der Waals surface area contributed by atoms with Crippen molar-refractivity contribution in [3.63, 3.8) is 0 Å². The third-order valence-corrected chi connectivity index (χ3v) is 9.37. The third kappa shape index (κ3) is 3.44. The monoisotopic (exact) mass is 520 g/mol. The second kappa shape index (κ2) is 8.79. The molecule has 1 atom stereocenters. The molecule has 0 bridgehead atoms. The molecule has 2 aliphatic carbocycles. The highest BCUT2D eigenvalue weighted by molar-refractivity contribution is 6.50. The standard InChI is InChI=1S/C37H33BO2/c1-35(2,39)36(3,4)40-38-33-20-12-19-31-34(33)28-16-9-11-18-30(28)37(31)29-17-10-8-15-26(29)27-22-21-25(23-32(27)37)24-13-6-5-7-14-24/h5-23,38-39H,1-4H3. The molecule has 5 aromatic rings. The van der Waals surface area contributed by atoms with Crippen molar-refractivity contribution >= 4 is 12.9 Å². The van der Waals surface area contributed by atoms with E-state index in [1.807, 2.05) is 27.7 Å². The van der Waals surface area contributed by atoms with Gasteiger partial charge in [0, 0.05) is 0 Å². The van der Waals surface area contributed by atoms with Gasteiger partial charge in [-0.25, -0.2) is 0 Å². The van der Waals surface area contributed by atoms with Gasteiger partial charge in [0.2, 0.25) is 0 Å². The molecular formula is C37H33BO2. The smallest absolute Gasteiger partial charge is 0.310 e. The Kier molecular flexibility index (Phi) is 5.51. The quantitative estimate of drug-likeness (QED) is 0.243. The van der Waals surface area contributed by atoms with Crippen molar-refractivity contribution in [3.05, 3.63) is 138 Å². The van der Waals surface area contributed by atoms with Crippen LogP contribution in [0, 0.1) is 0 Å². The Balaban J connectivity index is 1.50. The second-order valence-electron chi connectivity index (χ2n) is 12.2. The van der Waals surface area contributed by atoms with Gasteiger partial charge in [0.1, 0.15) is 0 Å². The van der Waals surface area contributed by atoms with Crippen LogP contribution in [0.5, 0.6) is 0 Å². The second-order valence-corrected chi connectivity index (χ2v) is 12.2. The lowest BCUT2D eigenvalue weighted by Gasteiger charge is -2.37. The highest BCUT2D eigenvalue weighted by Gasteiger charge is 2.52. The van der Waals surface area contributed by atoms with Crippen LogP contribution < -0.4 is 5.46 Å². The van der Waals surface area contributed by atoms with Crippen molar-refractivity contribution in [2.75, 3.05) is 0 Å². The number of hydrogen-bond donors (Lipinski definition) is 1. The molecule has 0 radical (unpaired) electrons. The lowest BCUT2D eigenvalue weighted by atomic mass is 9.69. The molecule has 0 heterocycles. The topological polar surface area (TPSA) is 29.5 Å². The first-order chi connectivity index (χ1) is 19.2. The van der Waals surface area contributed by atoms with Gasteiger partial charge in [-0.15, -0.1) is 0 Å². The average molecular weight is 520 g/mol. The summed E-state index contributed by atoms with van der Waals surface area (Å²) in [7, 11) is 0.420. The molecule has 2 nitrogen and oxygen atoms in total. The van der Waals surface area contributed by atoms with Crippen LogP contribution in [-0.2, 0) is 10.1 Å². The molecule has 2 aliphatic rings. The van der Waals surface area contributed by atoms with Crippen molar-refractivity contribution in [2.24, 2.45) is 0 Å². The molecule has 0 aromatic heterocycles. The molecule has 0 saturated heterocycles. The molecule has 0 fully saturated rings. The van der Waals surface area contributed by atoms with Crippen molar-refractivity contribution in [3.8, 4) is 33.4 Å². The minimum atomic E-state index is -0.971. The van der Waals surface area contributed by atoms with E-state index in [1.54, 1.807) is 0 Å². The van der Waals surface area contributed by atoms with Gasteiger partial charge >= 0.3 is 7.48 Å². The molecule has 196 valence electrons. The molecule has 40 heavy (non-hydrogen) atoms. The molecule has 0 amide bonds. The minimum absolute atomic E-state index is 0.412. The van der Waals surface area contributed by atoms with Gasteiger partial charge in [-0.1, -0.05) is 109 Å². The van der Waals surface area contributed by atoms with Gasteiger partial charge < -0.3 is 9.76 Å². The largest absolute Gasteiger partial charge is 0.427 e. The summed E-state index contributed by atoms with van der Waals surface area (Å²) in [6, 6.07) is 42.1. The first-order valence-electron chi connectivity index (χ1n) is 14.1. The van der Waals surface area contributed by atoms with Gasteiger partial charge in [0.25, 0.3) is 0 Å². The number of hydrogen-bond acceptors (Lipinski definition) is 2. The van der Waals surface area contributed by atoms with Gasteiger partial charge in [-0.2, -0.15) is 0 Å². The number of aliphatic hydroxyl groups is 1. The first kappa shape index (κ1) is 25.1. The van der Waals surface area contributed by atoms with E-state index in [2.05, 4.69) is 115 Å². The van der Waals surface area contributed by atoms with E-state index < -0.39 is 16.6 Å². The van der Waals surface area contributed by atoms with Gasteiger partial charge in [0.15, 0.2) is 0 Å². The highest BCUT2D eigenvalue weighted by Crippen LogP contribution is 2.62. The van der Waals surface area contributed by atoms with Crippen LogP contribution in [0.3, 0.4) is 0 Å². The number of fused-ring (bicyclic) bond motifs is 10. The van der Waals surface area contributed by atoms with E-state index in [0.29, 0.717) is 7.48 Å². The van der Waals surface area contributed by atoms with Crippen LogP contribution in [0.1, 0.15) is 49.9 Å². The van der Waals surface area contributed by atoms with Gasteiger partial charge in [-0.05, 0) is 94.9 Å². The third-order valence-electron chi connectivity index (χ3n) is 9.37. The zero-order valence-electron chi connectivity index (χ0n) is 23.5. The predicted octanol–water partition coefficient (Wildman–Crippen LogP) is 7.24. The highest BCUT2D eigenvalue weighted by atomic mass is 16.5. The van der Waals surface area contributed by atoms with Crippen LogP contribution >= 0.6 is 0 Å². The Hall–Kier alpha value is -3.92. The molecule has 3 heteroatoms. The van der Waals surface area contributed by atoms with Crippen LogP contribution in [0.15, 0.2) is 115 Å². The minimum Gasteiger partial charge on any atom is -0.427 e. The first-order valence-corrected chi connectivity index (χ1v) is 14.1. The zero-order chi connectivity index (χ0) is 27.7. The number of benzene rings is 5. The lowest BCUT2D eigenvalue weighted by molar-refractivity contribution is -0.0893. The molecular weight excluding hydrogens is 487 g/mol. The summed E-state index contributed by atoms with van der Waals surface area (Å²) in [5, 5.41) is 10.8. The van der Waals surface area contributed by atoms with E-state index in [-0.39, 0.29) is 0 Å². The lowest BCUT2D eigenvalue weighted by Crippen LogP contribution is -2.49. The SMILES string of the molecule is CC(C)(O)C(C)(C)OBc1cccc2c1-c1ccccc1C21c2ccccc2-c2ccc(-c3ccccc3)cc21. The van der Waals surface area contributed by atoms with E-state index in [9.17, 15) is 5.11 Å². The molecule has 1 spiro atoms. The van der Waals surface area contributed by atoms with E-state index in [4.69, 9.17) is 4.65 Å². The molecule has 1 unspecified atom stereocenters. The van der Waals surface area contributed by atoms with Crippen molar-refractivity contribution < 1.29 is 9.76 Å². The molecule has 0 aliphatic heterocycles. The summed E-state index contributed by atoms with van der Waals surface area (Å²) in [4.78, 5) is 0. The van der Waals surface area contributed by atoms with Crippen molar-refractivity contribution in [1.29, 1.82) is 0 Å². The maximum Gasteiger partial charge on any atom is 0.310 e. The van der Waals surface area contributed by atoms with Crippen LogP contribution in [0.25, 0.3) is 33.4 Å². The van der Waals surface area contributed by atoms with E-state index in [0.717, 1.165) is 5.46 Å². The summed E-state index contributed by atoms with van der Waals surface area (Å²) in [6.45, 7) is 7.53. The Morgan fingerprint density at radius 1 is 0.575 bits per heavy atom. The Bertz CT molecular complexity index is 1760. The normalized spacial score (nSPS) is 16.8. The zero-order valence-corrected chi connectivity index (χ0v) is 23.5. The van der Waals surface area contributed by atoms with Crippen LogP contribution in [-0.4, -0.2) is 23.8 Å². The number of rotatable bonds is 5. The fraction of sp³-hybridized carbons (Fsp3) is 0.189. The van der Waals surface area contributed by atoms with Gasteiger partial charge in [0.05, 0.1) is 16.6 Å². The Labute approximate surface area is 237 Å². The summed E-state index contributed by atoms with van der Waals surface area (Å²) in [5.41, 5.74) is 11.9. The summed E-state index contributed by atoms with van der Waals surface area (Å²) >= 11 is 0. The van der Waals surface area contributed by atoms with Crippen LogP contribution in [0.2, 0.25) is 0 Å². The molecule has 5 aromatic carbocycles. The van der Waals surface area contributed by atoms with Crippen molar-refractivity contribution in [1.82, 2.24) is 0 Å². The maximum atomic E-state index is 10.8. The van der Waals surface area contributed by atoms with Crippen LogP contribution in [0.4, 0.5) is 0 Å². The Morgan fingerprint density at radius 2 is 1.18 bits per heavy atom. The fourth-order valence-electron chi connectivity index (χ4n) is 6.63.